The Kier molecular flexibility index (Phi) is 6.56. The summed E-state index contributed by atoms with van der Waals surface area (Å²) in [5.41, 5.74) is 3.05. The quantitative estimate of drug-likeness (QED) is 0.360. The van der Waals surface area contributed by atoms with Gasteiger partial charge in [0.25, 0.3) is 5.69 Å². The zero-order valence-corrected chi connectivity index (χ0v) is 15.6. The molecule has 0 bridgehead atoms. The van der Waals surface area contributed by atoms with Gasteiger partial charge in [-0.05, 0) is 35.6 Å². The predicted molar refractivity (Wildman–Crippen MR) is 104 cm³/mol. The number of hydrazone groups is 1. The van der Waals surface area contributed by atoms with Crippen molar-refractivity contribution in [1.82, 2.24) is 0 Å². The van der Waals surface area contributed by atoms with Crippen molar-refractivity contribution in [2.75, 3.05) is 5.43 Å². The van der Waals surface area contributed by atoms with Crippen LogP contribution in [0.25, 0.3) is 6.08 Å². The molecule has 0 aliphatic rings. The summed E-state index contributed by atoms with van der Waals surface area (Å²) in [4.78, 5) is 9.83. The van der Waals surface area contributed by atoms with Crippen LogP contribution < -0.4 is 5.43 Å². The summed E-state index contributed by atoms with van der Waals surface area (Å²) < 4.78 is 39.4. The van der Waals surface area contributed by atoms with Gasteiger partial charge in [0.15, 0.2) is 0 Å². The lowest BCUT2D eigenvalue weighted by molar-refractivity contribution is -0.385. The molecule has 2 rings (SSSR count). The first-order chi connectivity index (χ1) is 13.1. The zero-order valence-electron chi connectivity index (χ0n) is 15.6. The molecule has 5 nitrogen and oxygen atoms in total. The summed E-state index contributed by atoms with van der Waals surface area (Å²) in [7, 11) is 0. The minimum atomic E-state index is -4.74. The molecule has 0 heterocycles. The van der Waals surface area contributed by atoms with E-state index in [1.165, 1.54) is 11.8 Å². The molecule has 0 aromatic heterocycles. The van der Waals surface area contributed by atoms with Crippen molar-refractivity contribution in [3.63, 3.8) is 0 Å². The lowest BCUT2D eigenvalue weighted by Crippen LogP contribution is -2.09. The molecule has 2 aromatic rings. The van der Waals surface area contributed by atoms with Crippen molar-refractivity contribution in [2.45, 2.75) is 32.9 Å². The Balaban J connectivity index is 2.16. The first kappa shape index (κ1) is 21.1. The molecule has 0 aliphatic heterocycles. The first-order valence-electron chi connectivity index (χ1n) is 8.51. The fourth-order valence-corrected chi connectivity index (χ4v) is 2.46. The van der Waals surface area contributed by atoms with Gasteiger partial charge >= 0.3 is 6.18 Å². The van der Waals surface area contributed by atoms with Crippen molar-refractivity contribution in [3.8, 4) is 0 Å². The average molecular weight is 391 g/mol. The fourth-order valence-electron chi connectivity index (χ4n) is 2.46. The summed E-state index contributed by atoms with van der Waals surface area (Å²) in [6.07, 6.45) is -1.51. The van der Waals surface area contributed by atoms with Crippen LogP contribution in [0.2, 0.25) is 0 Å². The lowest BCUT2D eigenvalue weighted by Gasteiger charge is -2.11. The highest BCUT2D eigenvalue weighted by atomic mass is 19.4. The zero-order chi connectivity index (χ0) is 20.9. The average Bonchev–Trinajstić information content (AvgIpc) is 2.61. The second-order valence-electron chi connectivity index (χ2n) is 6.56. The molecule has 0 fully saturated rings. The van der Waals surface area contributed by atoms with E-state index in [1.54, 1.807) is 6.92 Å². The minimum absolute atomic E-state index is 0.358. The monoisotopic (exact) mass is 391 g/mol. The van der Waals surface area contributed by atoms with Crippen LogP contribution in [-0.4, -0.2) is 11.1 Å². The Labute approximate surface area is 160 Å². The second-order valence-corrected chi connectivity index (χ2v) is 6.56. The number of nitro benzene ring substituents is 1. The van der Waals surface area contributed by atoms with Gasteiger partial charge in [-0.3, -0.25) is 15.5 Å². The number of nitrogens with one attached hydrogen (secondary N) is 1. The van der Waals surface area contributed by atoms with E-state index in [1.807, 2.05) is 30.3 Å². The number of allylic oxidation sites excluding steroid dienone is 1. The van der Waals surface area contributed by atoms with E-state index in [-0.39, 0.29) is 5.69 Å². The van der Waals surface area contributed by atoms with Crippen LogP contribution in [0.3, 0.4) is 0 Å². The van der Waals surface area contributed by atoms with Crippen molar-refractivity contribution >= 4 is 23.7 Å². The topological polar surface area (TPSA) is 67.5 Å². The van der Waals surface area contributed by atoms with Crippen molar-refractivity contribution in [1.29, 1.82) is 0 Å². The van der Waals surface area contributed by atoms with Gasteiger partial charge in [0.05, 0.1) is 22.4 Å². The molecule has 0 radical (unpaired) electrons. The van der Waals surface area contributed by atoms with Gasteiger partial charge in [-0.25, -0.2) is 0 Å². The number of hydrogen-bond acceptors (Lipinski definition) is 4. The van der Waals surface area contributed by atoms with Gasteiger partial charge in [-0.2, -0.15) is 18.3 Å². The van der Waals surface area contributed by atoms with Gasteiger partial charge in [-0.15, -0.1) is 0 Å². The molecule has 1 N–H and O–H groups in total. The summed E-state index contributed by atoms with van der Waals surface area (Å²) >= 11 is 0. The van der Waals surface area contributed by atoms with E-state index in [9.17, 15) is 23.3 Å². The van der Waals surface area contributed by atoms with Crippen LogP contribution >= 0.6 is 0 Å². The van der Waals surface area contributed by atoms with E-state index in [4.69, 9.17) is 0 Å². The van der Waals surface area contributed by atoms with Crippen LogP contribution in [0.15, 0.2) is 53.1 Å². The number of rotatable bonds is 6. The number of benzene rings is 2. The van der Waals surface area contributed by atoms with Crippen LogP contribution in [-0.2, 0) is 6.18 Å². The predicted octanol–water partition coefficient (Wildman–Crippen LogP) is 6.24. The fraction of sp³-hybridized carbons (Fsp3) is 0.250. The third kappa shape index (κ3) is 5.67. The van der Waals surface area contributed by atoms with Gasteiger partial charge in [-0.1, -0.05) is 44.2 Å². The molecular formula is C20H20F3N3O2. The Morgan fingerprint density at radius 3 is 2.36 bits per heavy atom. The molecule has 8 heteroatoms. The Morgan fingerprint density at radius 1 is 1.18 bits per heavy atom. The van der Waals surface area contributed by atoms with Crippen LogP contribution in [0.4, 0.5) is 24.5 Å². The minimum Gasteiger partial charge on any atom is -0.278 e. The van der Waals surface area contributed by atoms with Gasteiger partial charge in [0.1, 0.15) is 0 Å². The maximum absolute atomic E-state index is 13.1. The molecular weight excluding hydrogens is 371 g/mol. The number of alkyl halides is 3. The smallest absolute Gasteiger partial charge is 0.278 e. The lowest BCUT2D eigenvalue weighted by atomic mass is 10.0. The summed E-state index contributed by atoms with van der Waals surface area (Å²) in [6, 6.07) is 10.4. The summed E-state index contributed by atoms with van der Waals surface area (Å²) in [5, 5.41) is 14.5. The van der Waals surface area contributed by atoms with Crippen LogP contribution in [0, 0.1) is 10.1 Å². The van der Waals surface area contributed by atoms with E-state index < -0.39 is 22.4 Å². The number of nitro groups is 1. The van der Waals surface area contributed by atoms with Crippen LogP contribution in [0.5, 0.6) is 0 Å². The van der Waals surface area contributed by atoms with Gasteiger partial charge in [0, 0.05) is 12.1 Å². The van der Waals surface area contributed by atoms with E-state index in [0.717, 1.165) is 23.3 Å². The Bertz CT molecular complexity index is 902. The summed E-state index contributed by atoms with van der Waals surface area (Å²) in [5.74, 6) is 0.425. The van der Waals surface area contributed by atoms with Crippen molar-refractivity contribution < 1.29 is 18.1 Å². The van der Waals surface area contributed by atoms with Crippen LogP contribution in [0.1, 0.15) is 43.4 Å². The third-order valence-electron chi connectivity index (χ3n) is 3.97. The molecule has 0 unspecified atom stereocenters. The SMILES string of the molecule is CC(/C=N/Nc1ccc([N+](=O)[O-])cc1C(F)(F)F)=C\c1ccc(C(C)C)cc1. The number of non-ortho nitro benzene ring substituents is 1. The van der Waals surface area contributed by atoms with E-state index in [2.05, 4.69) is 24.4 Å². The number of hydrogen-bond donors (Lipinski definition) is 1. The van der Waals surface area contributed by atoms with Gasteiger partial charge in [0.2, 0.25) is 0 Å². The molecule has 0 atom stereocenters. The first-order valence-corrected chi connectivity index (χ1v) is 8.51. The van der Waals surface area contributed by atoms with Crippen molar-refractivity contribution in [2.24, 2.45) is 5.10 Å². The summed E-state index contributed by atoms with van der Waals surface area (Å²) in [6.45, 7) is 5.96. The Hall–Kier alpha value is -3.16. The molecule has 0 spiro atoms. The maximum atomic E-state index is 13.1. The molecule has 28 heavy (non-hydrogen) atoms. The number of nitrogens with zero attached hydrogens (tertiary/aromatic N) is 2. The molecule has 0 saturated heterocycles. The molecule has 0 amide bonds. The highest BCUT2D eigenvalue weighted by Crippen LogP contribution is 2.37. The maximum Gasteiger partial charge on any atom is 0.418 e. The normalized spacial score (nSPS) is 12.6. The highest BCUT2D eigenvalue weighted by molar-refractivity contribution is 5.85. The molecule has 0 saturated carbocycles. The second kappa shape index (κ2) is 8.69. The van der Waals surface area contributed by atoms with Gasteiger partial charge < -0.3 is 0 Å². The number of halogens is 3. The Morgan fingerprint density at radius 2 is 1.82 bits per heavy atom. The third-order valence-corrected chi connectivity index (χ3v) is 3.97. The van der Waals surface area contributed by atoms with E-state index in [0.29, 0.717) is 12.0 Å². The number of anilines is 1. The van der Waals surface area contributed by atoms with Crippen molar-refractivity contribution in [3.05, 3.63) is 74.8 Å². The van der Waals surface area contributed by atoms with E-state index >= 15 is 0 Å². The standard InChI is InChI=1S/C20H20F3N3O2/c1-13(2)16-6-4-15(5-7-16)10-14(3)12-24-25-19-9-8-17(26(27)28)11-18(19)20(21,22)23/h4-13,25H,1-3H3/b14-10+,24-12+. The largest absolute Gasteiger partial charge is 0.418 e. The highest BCUT2D eigenvalue weighted by Gasteiger charge is 2.35. The molecule has 2 aromatic carbocycles. The molecule has 0 aliphatic carbocycles. The molecule has 148 valence electrons.